The zero-order chi connectivity index (χ0) is 15.4. The van der Waals surface area contributed by atoms with Crippen molar-refractivity contribution in [3.05, 3.63) is 68.4 Å². The number of hydrogen-bond acceptors (Lipinski definition) is 1. The number of nitrogens with one attached hydrogen (secondary N) is 1. The summed E-state index contributed by atoms with van der Waals surface area (Å²) in [5.41, 5.74) is 3.14. The number of benzene rings is 2. The first-order valence-corrected chi connectivity index (χ1v) is 8.11. The minimum atomic E-state index is -0.197. The molecule has 2 aromatic rings. The lowest BCUT2D eigenvalue weighted by Crippen LogP contribution is -2.23. The molecule has 1 atom stereocenters. The van der Waals surface area contributed by atoms with Crippen molar-refractivity contribution in [1.82, 2.24) is 5.32 Å². The fraction of sp³-hybridized carbons (Fsp3) is 0.294. The first-order chi connectivity index (χ1) is 10.0. The third kappa shape index (κ3) is 4.29. The highest BCUT2D eigenvalue weighted by molar-refractivity contribution is 9.10. The van der Waals surface area contributed by atoms with E-state index in [0.717, 1.165) is 39.2 Å². The average Bonchev–Trinajstić information content (AvgIpc) is 2.44. The number of likely N-dealkylation sites (N-methyl/N-ethyl adjacent to an activating group) is 1. The van der Waals surface area contributed by atoms with E-state index in [1.807, 2.05) is 31.2 Å². The molecule has 0 radical (unpaired) electrons. The summed E-state index contributed by atoms with van der Waals surface area (Å²) in [7, 11) is 0. The highest BCUT2D eigenvalue weighted by Gasteiger charge is 2.16. The Bertz CT molecular complexity index is 630. The normalized spacial score (nSPS) is 12.4. The van der Waals surface area contributed by atoms with Crippen molar-refractivity contribution in [3.63, 3.8) is 0 Å². The summed E-state index contributed by atoms with van der Waals surface area (Å²) in [6.45, 7) is 4.84. The van der Waals surface area contributed by atoms with Crippen LogP contribution in [-0.4, -0.2) is 6.54 Å². The Morgan fingerprint density at radius 2 is 2.00 bits per heavy atom. The topological polar surface area (TPSA) is 12.0 Å². The van der Waals surface area contributed by atoms with Crippen LogP contribution in [-0.2, 0) is 6.42 Å². The summed E-state index contributed by atoms with van der Waals surface area (Å²) in [6.07, 6.45) is 0.774. The molecule has 0 aliphatic carbocycles. The molecular weight excluding hydrogens is 353 g/mol. The average molecular weight is 371 g/mol. The zero-order valence-electron chi connectivity index (χ0n) is 12.1. The molecule has 0 amide bonds. The number of halogens is 3. The highest BCUT2D eigenvalue weighted by atomic mass is 79.9. The largest absolute Gasteiger partial charge is 0.310 e. The van der Waals surface area contributed by atoms with Crippen LogP contribution in [0, 0.1) is 12.7 Å². The van der Waals surface area contributed by atoms with Crippen molar-refractivity contribution < 1.29 is 4.39 Å². The van der Waals surface area contributed by atoms with Crippen LogP contribution in [0.25, 0.3) is 0 Å². The van der Waals surface area contributed by atoms with E-state index < -0.39 is 0 Å². The van der Waals surface area contributed by atoms with Gasteiger partial charge in [-0.2, -0.15) is 0 Å². The molecule has 21 heavy (non-hydrogen) atoms. The Balaban J connectivity index is 2.32. The first kappa shape index (κ1) is 16.5. The lowest BCUT2D eigenvalue weighted by Gasteiger charge is -2.21. The molecule has 1 unspecified atom stereocenters. The van der Waals surface area contributed by atoms with Gasteiger partial charge in [-0.3, -0.25) is 0 Å². The fourth-order valence-electron chi connectivity index (χ4n) is 2.43. The maximum atomic E-state index is 13.2. The third-order valence-corrected chi connectivity index (χ3v) is 4.35. The minimum Gasteiger partial charge on any atom is -0.310 e. The molecule has 2 rings (SSSR count). The van der Waals surface area contributed by atoms with Crippen molar-refractivity contribution in [3.8, 4) is 0 Å². The van der Waals surface area contributed by atoms with Gasteiger partial charge in [0.2, 0.25) is 0 Å². The van der Waals surface area contributed by atoms with E-state index in [2.05, 4.69) is 28.2 Å². The van der Waals surface area contributed by atoms with Gasteiger partial charge in [-0.25, -0.2) is 4.39 Å². The lowest BCUT2D eigenvalue weighted by molar-refractivity contribution is 0.547. The van der Waals surface area contributed by atoms with Crippen LogP contribution < -0.4 is 5.32 Å². The summed E-state index contributed by atoms with van der Waals surface area (Å²) in [5.74, 6) is -0.197. The van der Waals surface area contributed by atoms with Gasteiger partial charge in [0.05, 0.1) is 0 Å². The molecule has 0 aliphatic heterocycles. The molecular formula is C17H18BrClFN. The second-order valence-electron chi connectivity index (χ2n) is 5.05. The summed E-state index contributed by atoms with van der Waals surface area (Å²) in [6, 6.07) is 10.9. The first-order valence-electron chi connectivity index (χ1n) is 6.94. The molecule has 4 heteroatoms. The molecule has 0 spiro atoms. The molecule has 0 heterocycles. The number of hydrogen-bond donors (Lipinski definition) is 1. The van der Waals surface area contributed by atoms with E-state index in [1.165, 1.54) is 6.07 Å². The molecule has 1 nitrogen and oxygen atoms in total. The smallest absolute Gasteiger partial charge is 0.123 e. The van der Waals surface area contributed by atoms with Gasteiger partial charge >= 0.3 is 0 Å². The summed E-state index contributed by atoms with van der Waals surface area (Å²) >= 11 is 9.83. The van der Waals surface area contributed by atoms with Gasteiger partial charge in [0.1, 0.15) is 5.82 Å². The molecule has 0 aliphatic rings. The van der Waals surface area contributed by atoms with E-state index in [-0.39, 0.29) is 11.9 Å². The predicted molar refractivity (Wildman–Crippen MR) is 90.4 cm³/mol. The van der Waals surface area contributed by atoms with Crippen LogP contribution in [0.15, 0.2) is 40.9 Å². The number of rotatable bonds is 5. The second kappa shape index (κ2) is 7.39. The van der Waals surface area contributed by atoms with Gasteiger partial charge in [-0.15, -0.1) is 0 Å². The van der Waals surface area contributed by atoms with E-state index in [0.29, 0.717) is 0 Å². The molecule has 112 valence electrons. The van der Waals surface area contributed by atoms with Gasteiger partial charge in [0.25, 0.3) is 0 Å². The van der Waals surface area contributed by atoms with Crippen LogP contribution >= 0.6 is 27.5 Å². The SMILES string of the molecule is CCNC(Cc1ccc(F)cc1C)c1cc(Br)ccc1Cl. The van der Waals surface area contributed by atoms with Crippen LogP contribution in [0.1, 0.15) is 29.7 Å². The van der Waals surface area contributed by atoms with Crippen LogP contribution in [0.5, 0.6) is 0 Å². The summed E-state index contributed by atoms with van der Waals surface area (Å²) < 4.78 is 14.2. The molecule has 0 saturated carbocycles. The molecule has 0 saturated heterocycles. The Hall–Kier alpha value is -0.900. The van der Waals surface area contributed by atoms with Crippen molar-refractivity contribution >= 4 is 27.5 Å². The Morgan fingerprint density at radius 3 is 2.67 bits per heavy atom. The third-order valence-electron chi connectivity index (χ3n) is 3.51. The highest BCUT2D eigenvalue weighted by Crippen LogP contribution is 2.29. The van der Waals surface area contributed by atoms with Crippen molar-refractivity contribution in [1.29, 1.82) is 0 Å². The van der Waals surface area contributed by atoms with Crippen molar-refractivity contribution in [2.24, 2.45) is 0 Å². The van der Waals surface area contributed by atoms with E-state index in [1.54, 1.807) is 6.07 Å². The summed E-state index contributed by atoms with van der Waals surface area (Å²) in [4.78, 5) is 0. The second-order valence-corrected chi connectivity index (χ2v) is 6.37. The number of aryl methyl sites for hydroxylation is 1. The van der Waals surface area contributed by atoms with Crippen LogP contribution in [0.2, 0.25) is 5.02 Å². The van der Waals surface area contributed by atoms with E-state index in [4.69, 9.17) is 11.6 Å². The molecule has 0 bridgehead atoms. The molecule has 0 aromatic heterocycles. The maximum absolute atomic E-state index is 13.2. The van der Waals surface area contributed by atoms with Gasteiger partial charge in [-0.05, 0) is 66.9 Å². The predicted octanol–water partition coefficient (Wildman–Crippen LogP) is 5.44. The maximum Gasteiger partial charge on any atom is 0.123 e. The van der Waals surface area contributed by atoms with Crippen molar-refractivity contribution in [2.45, 2.75) is 26.3 Å². The van der Waals surface area contributed by atoms with Crippen molar-refractivity contribution in [2.75, 3.05) is 6.54 Å². The molecule has 1 N–H and O–H groups in total. The van der Waals surface area contributed by atoms with Crippen LogP contribution in [0.3, 0.4) is 0 Å². The van der Waals surface area contributed by atoms with Gasteiger partial charge in [0.15, 0.2) is 0 Å². The Morgan fingerprint density at radius 1 is 1.24 bits per heavy atom. The molecule has 2 aromatic carbocycles. The zero-order valence-corrected chi connectivity index (χ0v) is 14.4. The summed E-state index contributed by atoms with van der Waals surface area (Å²) in [5, 5.41) is 4.20. The van der Waals surface area contributed by atoms with Gasteiger partial charge in [0, 0.05) is 15.5 Å². The van der Waals surface area contributed by atoms with E-state index in [9.17, 15) is 4.39 Å². The lowest BCUT2D eigenvalue weighted by atomic mass is 9.96. The fourth-order valence-corrected chi connectivity index (χ4v) is 3.06. The standard InChI is InChI=1S/C17H18BrClFN/c1-3-21-17(15-10-13(18)5-7-16(15)19)9-12-4-6-14(20)8-11(12)2/h4-8,10,17,21H,3,9H2,1-2H3. The molecule has 0 fully saturated rings. The quantitative estimate of drug-likeness (QED) is 0.738. The monoisotopic (exact) mass is 369 g/mol. The van der Waals surface area contributed by atoms with E-state index >= 15 is 0 Å². The Labute approximate surface area is 138 Å². The van der Waals surface area contributed by atoms with Gasteiger partial charge in [-0.1, -0.05) is 40.5 Å². The van der Waals surface area contributed by atoms with Gasteiger partial charge < -0.3 is 5.32 Å². The minimum absolute atomic E-state index is 0.101. The Kier molecular flexibility index (Phi) is 5.80. The van der Waals surface area contributed by atoms with Crippen LogP contribution in [0.4, 0.5) is 4.39 Å².